The fraction of sp³-hybridized carbons (Fsp3) is 0.0833. The zero-order chi connectivity index (χ0) is 20.1. The normalized spacial score (nSPS) is 13.7. The molecule has 0 bridgehead atoms. The van der Waals surface area contributed by atoms with E-state index in [4.69, 9.17) is 14.2 Å². The van der Waals surface area contributed by atoms with E-state index < -0.39 is 5.97 Å². The van der Waals surface area contributed by atoms with Gasteiger partial charge in [0.1, 0.15) is 18.1 Å². The van der Waals surface area contributed by atoms with E-state index in [2.05, 4.69) is 0 Å². The lowest BCUT2D eigenvalue weighted by Crippen LogP contribution is -2.14. The number of fused-ring (bicyclic) bond motifs is 1. The van der Waals surface area contributed by atoms with Crippen LogP contribution in [0.1, 0.15) is 21.5 Å². The monoisotopic (exact) mass is 386 g/mol. The second-order valence-electron chi connectivity index (χ2n) is 6.44. The number of ether oxygens (including phenoxy) is 3. The van der Waals surface area contributed by atoms with E-state index >= 15 is 0 Å². The van der Waals surface area contributed by atoms with E-state index in [0.717, 1.165) is 11.1 Å². The second-order valence-corrected chi connectivity index (χ2v) is 6.44. The Bertz CT molecular complexity index is 1060. The van der Waals surface area contributed by atoms with E-state index in [9.17, 15) is 9.59 Å². The lowest BCUT2D eigenvalue weighted by Gasteiger charge is -2.08. The molecule has 1 heterocycles. The quantitative estimate of drug-likeness (QED) is 0.463. The summed E-state index contributed by atoms with van der Waals surface area (Å²) in [5.74, 6) is 0.431. The maximum atomic E-state index is 12.5. The molecule has 1 aliphatic heterocycles. The Morgan fingerprint density at radius 1 is 0.931 bits per heavy atom. The number of hydrogen-bond acceptors (Lipinski definition) is 5. The Labute approximate surface area is 168 Å². The molecule has 3 aromatic rings. The minimum atomic E-state index is -0.476. The van der Waals surface area contributed by atoms with E-state index in [0.29, 0.717) is 17.1 Å². The molecule has 0 aliphatic carbocycles. The second kappa shape index (κ2) is 8.44. The molecule has 5 heteroatoms. The number of hydrogen-bond donors (Lipinski definition) is 0. The maximum absolute atomic E-state index is 12.5. The molecule has 3 aromatic carbocycles. The summed E-state index contributed by atoms with van der Waals surface area (Å²) in [4.78, 5) is 24.4. The first-order chi connectivity index (χ1) is 14.2. The zero-order valence-corrected chi connectivity index (χ0v) is 15.5. The number of allylic oxidation sites excluding steroid dienone is 1. The topological polar surface area (TPSA) is 61.8 Å². The van der Waals surface area contributed by atoms with Gasteiger partial charge in [-0.05, 0) is 29.3 Å². The minimum Gasteiger partial charge on any atom is -0.482 e. The van der Waals surface area contributed by atoms with Gasteiger partial charge in [0.15, 0.2) is 12.4 Å². The molecule has 5 nitrogen and oxygen atoms in total. The van der Waals surface area contributed by atoms with Crippen molar-refractivity contribution in [3.63, 3.8) is 0 Å². The molecule has 0 saturated heterocycles. The van der Waals surface area contributed by atoms with Gasteiger partial charge in [-0.15, -0.1) is 0 Å². The summed E-state index contributed by atoms with van der Waals surface area (Å²) in [6.07, 6.45) is 1.70. The third-order valence-corrected chi connectivity index (χ3v) is 4.34. The lowest BCUT2D eigenvalue weighted by molar-refractivity contribution is -0.147. The van der Waals surface area contributed by atoms with Crippen molar-refractivity contribution in [1.82, 2.24) is 0 Å². The van der Waals surface area contributed by atoms with Gasteiger partial charge in [0.05, 0.1) is 5.56 Å². The van der Waals surface area contributed by atoms with Crippen LogP contribution in [-0.2, 0) is 16.1 Å². The Balaban J connectivity index is 1.36. The smallest absolute Gasteiger partial charge is 0.344 e. The van der Waals surface area contributed by atoms with Crippen molar-refractivity contribution in [2.75, 3.05) is 6.61 Å². The number of carbonyl (C=O) groups is 2. The Hall–Kier alpha value is -3.86. The molecule has 0 radical (unpaired) electrons. The molecule has 29 heavy (non-hydrogen) atoms. The SMILES string of the molecule is O=C(COc1ccc2c(c1)O/C(=C\c1ccccc1)C2=O)OCc1ccccc1. The van der Waals surface area contributed by atoms with Gasteiger partial charge in [0, 0.05) is 6.07 Å². The zero-order valence-electron chi connectivity index (χ0n) is 15.5. The Morgan fingerprint density at radius 2 is 1.66 bits per heavy atom. The molecule has 1 aliphatic rings. The predicted molar refractivity (Wildman–Crippen MR) is 108 cm³/mol. The first-order valence-corrected chi connectivity index (χ1v) is 9.15. The highest BCUT2D eigenvalue weighted by molar-refractivity contribution is 6.14. The first-order valence-electron chi connectivity index (χ1n) is 9.15. The summed E-state index contributed by atoms with van der Waals surface area (Å²) >= 11 is 0. The summed E-state index contributed by atoms with van der Waals surface area (Å²) in [5.41, 5.74) is 2.25. The van der Waals surface area contributed by atoms with Crippen LogP contribution in [0.4, 0.5) is 0 Å². The van der Waals surface area contributed by atoms with Gasteiger partial charge in [-0.3, -0.25) is 4.79 Å². The molecule has 144 valence electrons. The van der Waals surface area contributed by atoms with Crippen LogP contribution >= 0.6 is 0 Å². The highest BCUT2D eigenvalue weighted by atomic mass is 16.6. The summed E-state index contributed by atoms with van der Waals surface area (Å²) < 4.78 is 16.4. The Kier molecular flexibility index (Phi) is 5.38. The van der Waals surface area contributed by atoms with Crippen LogP contribution in [0.15, 0.2) is 84.6 Å². The van der Waals surface area contributed by atoms with Gasteiger partial charge in [-0.25, -0.2) is 4.79 Å². The molecular formula is C24H18O5. The summed E-state index contributed by atoms with van der Waals surface area (Å²) in [6.45, 7) is -0.0370. The highest BCUT2D eigenvalue weighted by Gasteiger charge is 2.27. The number of esters is 1. The van der Waals surface area contributed by atoms with Gasteiger partial charge < -0.3 is 14.2 Å². The van der Waals surface area contributed by atoms with Crippen LogP contribution in [-0.4, -0.2) is 18.4 Å². The number of Topliss-reactive ketones (excluding diaryl/α,β-unsaturated/α-hetero) is 1. The van der Waals surface area contributed by atoms with Crippen LogP contribution in [0.2, 0.25) is 0 Å². The number of rotatable bonds is 6. The van der Waals surface area contributed by atoms with Crippen LogP contribution in [0, 0.1) is 0 Å². The largest absolute Gasteiger partial charge is 0.482 e. The number of ketones is 1. The molecule has 0 unspecified atom stereocenters. The lowest BCUT2D eigenvalue weighted by atomic mass is 10.1. The minimum absolute atomic E-state index is 0.183. The molecule has 0 saturated carbocycles. The molecule has 4 rings (SSSR count). The van der Waals surface area contributed by atoms with Crippen molar-refractivity contribution in [2.45, 2.75) is 6.61 Å². The van der Waals surface area contributed by atoms with Crippen molar-refractivity contribution in [3.05, 3.63) is 101 Å². The fourth-order valence-corrected chi connectivity index (χ4v) is 2.88. The summed E-state index contributed by atoms with van der Waals surface area (Å²) in [5, 5.41) is 0. The average molecular weight is 386 g/mol. The molecule has 0 atom stereocenters. The molecule has 0 aromatic heterocycles. The van der Waals surface area contributed by atoms with Crippen LogP contribution in [0.25, 0.3) is 6.08 Å². The Morgan fingerprint density at radius 3 is 2.41 bits per heavy atom. The first kappa shape index (κ1) is 18.5. The van der Waals surface area contributed by atoms with Crippen molar-refractivity contribution in [2.24, 2.45) is 0 Å². The van der Waals surface area contributed by atoms with E-state index in [1.54, 1.807) is 24.3 Å². The fourth-order valence-electron chi connectivity index (χ4n) is 2.88. The van der Waals surface area contributed by atoms with Gasteiger partial charge in [0.25, 0.3) is 0 Å². The van der Waals surface area contributed by atoms with Gasteiger partial charge in [-0.1, -0.05) is 60.7 Å². The van der Waals surface area contributed by atoms with Crippen molar-refractivity contribution < 1.29 is 23.8 Å². The highest BCUT2D eigenvalue weighted by Crippen LogP contribution is 2.34. The van der Waals surface area contributed by atoms with Crippen molar-refractivity contribution in [1.29, 1.82) is 0 Å². The van der Waals surface area contributed by atoms with Gasteiger partial charge in [-0.2, -0.15) is 0 Å². The predicted octanol–water partition coefficient (Wildman–Crippen LogP) is 4.43. The van der Waals surface area contributed by atoms with E-state index in [1.807, 2.05) is 60.7 Å². The van der Waals surface area contributed by atoms with E-state index in [-0.39, 0.29) is 24.8 Å². The summed E-state index contributed by atoms with van der Waals surface area (Å²) in [6, 6.07) is 23.8. The molecular weight excluding hydrogens is 368 g/mol. The molecule has 0 spiro atoms. The third-order valence-electron chi connectivity index (χ3n) is 4.34. The van der Waals surface area contributed by atoms with Crippen LogP contribution < -0.4 is 9.47 Å². The van der Waals surface area contributed by atoms with E-state index in [1.165, 1.54) is 0 Å². The number of benzene rings is 3. The molecule has 0 amide bonds. The summed E-state index contributed by atoms with van der Waals surface area (Å²) in [7, 11) is 0. The third kappa shape index (κ3) is 4.52. The average Bonchev–Trinajstić information content (AvgIpc) is 3.07. The molecule has 0 fully saturated rings. The maximum Gasteiger partial charge on any atom is 0.344 e. The van der Waals surface area contributed by atoms with Crippen molar-refractivity contribution >= 4 is 17.8 Å². The van der Waals surface area contributed by atoms with Crippen LogP contribution in [0.3, 0.4) is 0 Å². The number of carbonyl (C=O) groups excluding carboxylic acids is 2. The van der Waals surface area contributed by atoms with Crippen molar-refractivity contribution in [3.8, 4) is 11.5 Å². The molecule has 0 N–H and O–H groups in total. The van der Waals surface area contributed by atoms with Gasteiger partial charge in [0.2, 0.25) is 5.78 Å². The van der Waals surface area contributed by atoms with Crippen LogP contribution in [0.5, 0.6) is 11.5 Å². The van der Waals surface area contributed by atoms with Gasteiger partial charge >= 0.3 is 5.97 Å². The standard InChI is InChI=1S/C24H18O5/c25-23(28-15-18-9-5-2-6-10-18)16-27-19-11-12-20-21(14-19)29-22(24(20)26)13-17-7-3-1-4-8-17/h1-14H,15-16H2/b22-13-.